The number of nitrogens with one attached hydrogen (secondary N) is 1. The van der Waals surface area contributed by atoms with Crippen molar-refractivity contribution >= 4 is 22.8 Å². The van der Waals surface area contributed by atoms with Crippen molar-refractivity contribution in [1.29, 1.82) is 0 Å². The van der Waals surface area contributed by atoms with Crippen LogP contribution in [-0.4, -0.2) is 79.2 Å². The first-order chi connectivity index (χ1) is 19.5. The summed E-state index contributed by atoms with van der Waals surface area (Å²) in [6.45, 7) is 5.96. The summed E-state index contributed by atoms with van der Waals surface area (Å²) < 4.78 is 20.6. The fourth-order valence-corrected chi connectivity index (χ4v) is 5.18. The summed E-state index contributed by atoms with van der Waals surface area (Å²) in [6.07, 6.45) is 8.75. The van der Waals surface area contributed by atoms with Crippen molar-refractivity contribution in [3.63, 3.8) is 0 Å². The number of aliphatic hydroxyl groups is 1. The minimum Gasteiger partial charge on any atom is -0.381 e. The van der Waals surface area contributed by atoms with Crippen LogP contribution in [0.5, 0.6) is 0 Å². The van der Waals surface area contributed by atoms with Gasteiger partial charge in [-0.05, 0) is 30.7 Å². The highest BCUT2D eigenvalue weighted by molar-refractivity contribution is 5.91. The zero-order valence-corrected chi connectivity index (χ0v) is 21.9. The van der Waals surface area contributed by atoms with Gasteiger partial charge in [-0.15, -0.1) is 0 Å². The molecule has 0 bridgehead atoms. The fourth-order valence-electron chi connectivity index (χ4n) is 5.18. The normalized spacial score (nSPS) is 17.7. The van der Waals surface area contributed by atoms with Crippen molar-refractivity contribution in [3.05, 3.63) is 78.4 Å². The lowest BCUT2D eigenvalue weighted by atomic mass is 9.90. The Balaban J connectivity index is 1.05. The number of nitrogens with zero attached hydrogens (tertiary/aromatic N) is 8. The van der Waals surface area contributed by atoms with Crippen LogP contribution in [0.15, 0.2) is 61.4 Å². The van der Waals surface area contributed by atoms with Crippen LogP contribution in [0.1, 0.15) is 24.1 Å². The van der Waals surface area contributed by atoms with Crippen LogP contribution in [0, 0.1) is 5.82 Å². The average molecular weight is 542 g/mol. The topological polar surface area (TPSA) is 121 Å². The summed E-state index contributed by atoms with van der Waals surface area (Å²) in [6, 6.07) is 8.18. The number of anilines is 2. The smallest absolute Gasteiger partial charge is 0.225 e. The Morgan fingerprint density at radius 2 is 1.68 bits per heavy atom. The van der Waals surface area contributed by atoms with E-state index in [-0.39, 0.29) is 5.82 Å². The molecule has 1 atom stereocenters. The SMILES string of the molecule is CC(O)(c1ccc(F)cc1)c1cnc(N2CCN(c3ncnc4[nH]c(-c5cnn(C6COC6)c5)cc34)CC2)nc1. The molecule has 2 fully saturated rings. The molecule has 5 aromatic rings. The molecule has 204 valence electrons. The zero-order chi connectivity index (χ0) is 27.3. The third kappa shape index (κ3) is 4.34. The molecule has 0 amide bonds. The van der Waals surface area contributed by atoms with Gasteiger partial charge in [-0.25, -0.2) is 24.3 Å². The van der Waals surface area contributed by atoms with Crippen molar-refractivity contribution in [2.75, 3.05) is 49.2 Å². The summed E-state index contributed by atoms with van der Waals surface area (Å²) >= 11 is 0. The van der Waals surface area contributed by atoms with E-state index in [4.69, 9.17) is 4.74 Å². The maximum atomic E-state index is 13.3. The summed E-state index contributed by atoms with van der Waals surface area (Å²) in [4.78, 5) is 25.9. The number of H-pyrrole nitrogens is 1. The molecular formula is C28H28FN9O2. The number of halogens is 1. The van der Waals surface area contributed by atoms with Crippen LogP contribution in [0.3, 0.4) is 0 Å². The van der Waals surface area contributed by atoms with E-state index in [1.54, 1.807) is 37.8 Å². The number of hydrogen-bond acceptors (Lipinski definition) is 9. The summed E-state index contributed by atoms with van der Waals surface area (Å²) in [5, 5.41) is 16.5. The van der Waals surface area contributed by atoms with E-state index in [1.165, 1.54) is 12.1 Å². The molecule has 0 radical (unpaired) electrons. The first-order valence-corrected chi connectivity index (χ1v) is 13.2. The summed E-state index contributed by atoms with van der Waals surface area (Å²) in [7, 11) is 0. The number of piperazine rings is 1. The molecule has 7 rings (SSSR count). The van der Waals surface area contributed by atoms with Crippen LogP contribution in [0.4, 0.5) is 16.2 Å². The van der Waals surface area contributed by atoms with Crippen molar-refractivity contribution < 1.29 is 14.2 Å². The minimum absolute atomic E-state index is 0.299. The Kier molecular flexibility index (Phi) is 5.93. The van der Waals surface area contributed by atoms with E-state index in [0.29, 0.717) is 49.4 Å². The minimum atomic E-state index is -1.33. The maximum Gasteiger partial charge on any atom is 0.225 e. The third-order valence-electron chi connectivity index (χ3n) is 7.78. The predicted octanol–water partition coefficient (Wildman–Crippen LogP) is 2.90. The van der Waals surface area contributed by atoms with E-state index in [9.17, 15) is 9.50 Å². The summed E-state index contributed by atoms with van der Waals surface area (Å²) in [5.41, 5.74) is 2.52. The first-order valence-electron chi connectivity index (χ1n) is 13.2. The average Bonchev–Trinajstić information content (AvgIpc) is 3.60. The molecular weight excluding hydrogens is 513 g/mol. The highest BCUT2D eigenvalue weighted by Gasteiger charge is 2.28. The molecule has 0 spiro atoms. The van der Waals surface area contributed by atoms with E-state index in [2.05, 4.69) is 45.9 Å². The van der Waals surface area contributed by atoms with E-state index in [1.807, 2.05) is 17.1 Å². The second-order valence-corrected chi connectivity index (χ2v) is 10.4. The number of fused-ring (bicyclic) bond motifs is 1. The van der Waals surface area contributed by atoms with Gasteiger partial charge in [0.1, 0.15) is 29.2 Å². The van der Waals surface area contributed by atoms with Gasteiger partial charge in [0.25, 0.3) is 0 Å². The molecule has 2 aliphatic rings. The van der Waals surface area contributed by atoms with Crippen LogP contribution < -0.4 is 9.80 Å². The highest BCUT2D eigenvalue weighted by Crippen LogP contribution is 2.31. The number of hydrogen-bond donors (Lipinski definition) is 2. The third-order valence-corrected chi connectivity index (χ3v) is 7.78. The van der Waals surface area contributed by atoms with Crippen LogP contribution in [0.25, 0.3) is 22.3 Å². The zero-order valence-electron chi connectivity index (χ0n) is 21.9. The van der Waals surface area contributed by atoms with Crippen molar-refractivity contribution in [2.24, 2.45) is 0 Å². The standard InChI is InChI=1S/C28H28FN9O2/c1-28(39,19-2-4-21(29)5-3-19)20-12-30-27(31-13-20)37-8-6-36(7-9-37)26-23-10-24(35-25(23)32-17-33-26)18-11-34-38(14-18)22-15-40-16-22/h2-5,10-14,17,22,39H,6-9,15-16H2,1H3,(H,32,33,35). The molecule has 0 saturated carbocycles. The molecule has 2 aliphatic heterocycles. The van der Waals surface area contributed by atoms with Gasteiger partial charge in [0, 0.05) is 55.9 Å². The van der Waals surface area contributed by atoms with Gasteiger partial charge in [-0.1, -0.05) is 12.1 Å². The first kappa shape index (κ1) is 24.6. The molecule has 1 unspecified atom stereocenters. The Hall–Kier alpha value is -4.42. The molecule has 11 nitrogen and oxygen atoms in total. The largest absolute Gasteiger partial charge is 0.381 e. The van der Waals surface area contributed by atoms with Gasteiger partial charge in [-0.2, -0.15) is 5.10 Å². The summed E-state index contributed by atoms with van der Waals surface area (Å²) in [5.74, 6) is 1.14. The second kappa shape index (κ2) is 9.65. The maximum absolute atomic E-state index is 13.3. The number of rotatable bonds is 6. The van der Waals surface area contributed by atoms with Crippen molar-refractivity contribution in [1.82, 2.24) is 34.7 Å². The Bertz CT molecular complexity index is 1640. The monoisotopic (exact) mass is 541 g/mol. The van der Waals surface area contributed by atoms with Crippen LogP contribution in [-0.2, 0) is 10.3 Å². The molecule has 4 aromatic heterocycles. The number of ether oxygens (including phenoxy) is 1. The van der Waals surface area contributed by atoms with Crippen LogP contribution in [0.2, 0.25) is 0 Å². The van der Waals surface area contributed by atoms with E-state index < -0.39 is 5.60 Å². The lowest BCUT2D eigenvalue weighted by Gasteiger charge is -2.35. The van der Waals surface area contributed by atoms with Gasteiger partial charge in [-0.3, -0.25) is 4.68 Å². The van der Waals surface area contributed by atoms with Gasteiger partial charge >= 0.3 is 0 Å². The molecule has 12 heteroatoms. The molecule has 1 aromatic carbocycles. The fraction of sp³-hybridized carbons (Fsp3) is 0.321. The van der Waals surface area contributed by atoms with Crippen molar-refractivity contribution in [3.8, 4) is 11.3 Å². The number of benzene rings is 1. The number of aromatic nitrogens is 7. The quantitative estimate of drug-likeness (QED) is 0.334. The van der Waals surface area contributed by atoms with Gasteiger partial charge in [0.2, 0.25) is 5.95 Å². The van der Waals surface area contributed by atoms with Crippen molar-refractivity contribution in [2.45, 2.75) is 18.6 Å². The number of aromatic amines is 1. The van der Waals surface area contributed by atoms with Gasteiger partial charge < -0.3 is 24.6 Å². The lowest BCUT2D eigenvalue weighted by molar-refractivity contribution is -0.0286. The molecule has 0 aliphatic carbocycles. The predicted molar refractivity (Wildman–Crippen MR) is 146 cm³/mol. The second-order valence-electron chi connectivity index (χ2n) is 10.4. The van der Waals surface area contributed by atoms with Gasteiger partial charge in [0.15, 0.2) is 0 Å². The Morgan fingerprint density at radius 3 is 2.38 bits per heavy atom. The molecule has 2 N–H and O–H groups in total. The van der Waals surface area contributed by atoms with E-state index in [0.717, 1.165) is 41.2 Å². The Labute approximate surface area is 229 Å². The van der Waals surface area contributed by atoms with Gasteiger partial charge in [0.05, 0.1) is 36.5 Å². The Morgan fingerprint density at radius 1 is 0.950 bits per heavy atom. The molecule has 40 heavy (non-hydrogen) atoms. The molecule has 2 saturated heterocycles. The van der Waals surface area contributed by atoms with Crippen LogP contribution >= 0.6 is 0 Å². The van der Waals surface area contributed by atoms with E-state index >= 15 is 0 Å². The molecule has 6 heterocycles. The highest BCUT2D eigenvalue weighted by atomic mass is 19.1. The lowest BCUT2D eigenvalue weighted by Crippen LogP contribution is -2.47.